The molecule has 1 aromatic carbocycles. The molecular weight excluding hydrogens is 229 g/mol. The van der Waals surface area contributed by atoms with Gasteiger partial charge >= 0.3 is 0 Å². The van der Waals surface area contributed by atoms with Crippen LogP contribution in [0.1, 0.15) is 45.0 Å². The van der Waals surface area contributed by atoms with Crippen LogP contribution in [0.5, 0.6) is 0 Å². The van der Waals surface area contributed by atoms with E-state index in [-0.39, 0.29) is 11.9 Å². The van der Waals surface area contributed by atoms with Crippen molar-refractivity contribution in [1.29, 1.82) is 0 Å². The topological polar surface area (TPSA) is 43.8 Å². The number of hydrogen-bond acceptors (Lipinski definition) is 2. The van der Waals surface area contributed by atoms with Crippen molar-refractivity contribution >= 4 is 11.0 Å². The lowest BCUT2D eigenvalue weighted by atomic mass is 10.2. The highest BCUT2D eigenvalue weighted by Gasteiger charge is 2.15. The number of nitrogens with zero attached hydrogens (tertiary/aromatic N) is 2. The van der Waals surface area contributed by atoms with Crippen LogP contribution in [-0.4, -0.2) is 9.55 Å². The first-order valence-electron chi connectivity index (χ1n) is 6.58. The third kappa shape index (κ3) is 2.38. The Balaban J connectivity index is 2.52. The predicted octanol–water partition coefficient (Wildman–Crippen LogP) is 3.39. The molecule has 0 saturated heterocycles. The Bertz CT molecular complexity index is 533. The number of nitrogens with two attached hydrogens (primary N) is 1. The molecule has 0 saturated carbocycles. The summed E-state index contributed by atoms with van der Waals surface area (Å²) >= 11 is 0. The van der Waals surface area contributed by atoms with E-state index in [1.807, 2.05) is 6.92 Å². The van der Waals surface area contributed by atoms with E-state index in [2.05, 4.69) is 16.5 Å². The molecule has 98 valence electrons. The van der Waals surface area contributed by atoms with E-state index in [4.69, 9.17) is 5.73 Å². The number of rotatable bonds is 5. The molecule has 4 heteroatoms. The number of fused-ring (bicyclic) bond motifs is 1. The highest BCUT2D eigenvalue weighted by atomic mass is 19.1. The molecule has 0 fully saturated rings. The molecule has 0 bridgehead atoms. The molecule has 1 heterocycles. The number of aromatic nitrogens is 2. The van der Waals surface area contributed by atoms with E-state index in [0.717, 1.165) is 37.1 Å². The van der Waals surface area contributed by atoms with Crippen molar-refractivity contribution in [1.82, 2.24) is 9.55 Å². The maximum absolute atomic E-state index is 13.2. The summed E-state index contributed by atoms with van der Waals surface area (Å²) in [6, 6.07) is 4.66. The molecule has 2 rings (SSSR count). The molecule has 0 spiro atoms. The van der Waals surface area contributed by atoms with Crippen molar-refractivity contribution in [3.05, 3.63) is 29.8 Å². The number of halogens is 1. The molecule has 1 unspecified atom stereocenters. The fourth-order valence-corrected chi connectivity index (χ4v) is 2.14. The molecule has 0 radical (unpaired) electrons. The first-order valence-corrected chi connectivity index (χ1v) is 6.58. The van der Waals surface area contributed by atoms with Crippen LogP contribution in [0, 0.1) is 5.82 Å². The van der Waals surface area contributed by atoms with Gasteiger partial charge in [0, 0.05) is 12.6 Å². The second-order valence-corrected chi connectivity index (χ2v) is 4.62. The lowest BCUT2D eigenvalue weighted by Crippen LogP contribution is -2.16. The molecule has 2 N–H and O–H groups in total. The van der Waals surface area contributed by atoms with Crippen LogP contribution in [-0.2, 0) is 6.54 Å². The summed E-state index contributed by atoms with van der Waals surface area (Å²) in [5.74, 6) is 0.616. The third-order valence-corrected chi connectivity index (χ3v) is 3.25. The Hall–Kier alpha value is -1.42. The Morgan fingerprint density at radius 2 is 2.17 bits per heavy atom. The van der Waals surface area contributed by atoms with Crippen molar-refractivity contribution in [2.75, 3.05) is 0 Å². The van der Waals surface area contributed by atoms with E-state index in [9.17, 15) is 4.39 Å². The van der Waals surface area contributed by atoms with Crippen LogP contribution in [0.3, 0.4) is 0 Å². The molecule has 18 heavy (non-hydrogen) atoms. The largest absolute Gasteiger partial charge is 0.327 e. The SMILES string of the molecule is CCCCn1c(C(N)CC)nc2cc(F)ccc21. The number of benzene rings is 1. The van der Waals surface area contributed by atoms with E-state index in [1.54, 1.807) is 6.07 Å². The van der Waals surface area contributed by atoms with Gasteiger partial charge in [0.05, 0.1) is 17.1 Å². The summed E-state index contributed by atoms with van der Waals surface area (Å²) in [6.45, 7) is 5.08. The molecule has 0 aliphatic heterocycles. The zero-order chi connectivity index (χ0) is 13.1. The van der Waals surface area contributed by atoms with Crippen molar-refractivity contribution < 1.29 is 4.39 Å². The van der Waals surface area contributed by atoms with E-state index < -0.39 is 0 Å². The zero-order valence-electron chi connectivity index (χ0n) is 11.0. The summed E-state index contributed by atoms with van der Waals surface area (Å²) in [5.41, 5.74) is 7.77. The minimum atomic E-state index is -0.251. The second kappa shape index (κ2) is 5.48. The van der Waals surface area contributed by atoms with E-state index >= 15 is 0 Å². The molecule has 1 aromatic heterocycles. The van der Waals surface area contributed by atoms with Crippen molar-refractivity contribution in [3.8, 4) is 0 Å². The summed E-state index contributed by atoms with van der Waals surface area (Å²) in [6.07, 6.45) is 3.02. The molecule has 2 aromatic rings. The van der Waals surface area contributed by atoms with Gasteiger partial charge in [-0.05, 0) is 25.0 Å². The number of imidazole rings is 1. The highest BCUT2D eigenvalue weighted by Crippen LogP contribution is 2.22. The van der Waals surface area contributed by atoms with Crippen molar-refractivity contribution in [2.24, 2.45) is 5.73 Å². The minimum absolute atomic E-state index is 0.0858. The lowest BCUT2D eigenvalue weighted by Gasteiger charge is -2.12. The Morgan fingerprint density at radius 3 is 2.83 bits per heavy atom. The summed E-state index contributed by atoms with van der Waals surface area (Å²) in [4.78, 5) is 4.50. The van der Waals surface area contributed by atoms with Crippen LogP contribution >= 0.6 is 0 Å². The van der Waals surface area contributed by atoms with Gasteiger partial charge in [0.15, 0.2) is 0 Å². The fraction of sp³-hybridized carbons (Fsp3) is 0.500. The number of aryl methyl sites for hydroxylation is 1. The first kappa shape index (κ1) is 13.0. The van der Waals surface area contributed by atoms with Gasteiger partial charge in [0.25, 0.3) is 0 Å². The standard InChI is InChI=1S/C14H20FN3/c1-3-5-8-18-13-7-6-10(15)9-12(13)17-14(18)11(16)4-2/h6-7,9,11H,3-5,8,16H2,1-2H3. The second-order valence-electron chi connectivity index (χ2n) is 4.62. The average molecular weight is 249 g/mol. The van der Waals surface area contributed by atoms with Crippen molar-refractivity contribution in [3.63, 3.8) is 0 Å². The van der Waals surface area contributed by atoms with Gasteiger partial charge < -0.3 is 10.3 Å². The molecular formula is C14H20FN3. The van der Waals surface area contributed by atoms with Gasteiger partial charge in [-0.1, -0.05) is 20.3 Å². The van der Waals surface area contributed by atoms with Crippen LogP contribution < -0.4 is 5.73 Å². The number of hydrogen-bond donors (Lipinski definition) is 1. The van der Waals surface area contributed by atoms with Gasteiger partial charge in [-0.2, -0.15) is 0 Å². The molecule has 1 atom stereocenters. The van der Waals surface area contributed by atoms with Crippen LogP contribution in [0.25, 0.3) is 11.0 Å². The predicted molar refractivity (Wildman–Crippen MR) is 71.8 cm³/mol. The highest BCUT2D eigenvalue weighted by molar-refractivity contribution is 5.76. The monoisotopic (exact) mass is 249 g/mol. The van der Waals surface area contributed by atoms with E-state index in [0.29, 0.717) is 5.52 Å². The summed E-state index contributed by atoms with van der Waals surface area (Å²) in [5, 5.41) is 0. The molecule has 3 nitrogen and oxygen atoms in total. The smallest absolute Gasteiger partial charge is 0.126 e. The van der Waals surface area contributed by atoms with Crippen LogP contribution in [0.2, 0.25) is 0 Å². The minimum Gasteiger partial charge on any atom is -0.327 e. The molecule has 0 amide bonds. The normalized spacial score (nSPS) is 13.1. The Labute approximate surface area is 107 Å². The van der Waals surface area contributed by atoms with Crippen LogP contribution in [0.15, 0.2) is 18.2 Å². The van der Waals surface area contributed by atoms with Gasteiger partial charge in [0.1, 0.15) is 11.6 Å². The van der Waals surface area contributed by atoms with E-state index in [1.165, 1.54) is 12.1 Å². The van der Waals surface area contributed by atoms with Crippen molar-refractivity contribution in [2.45, 2.75) is 45.7 Å². The zero-order valence-corrected chi connectivity index (χ0v) is 11.0. The third-order valence-electron chi connectivity index (χ3n) is 3.25. The number of unbranched alkanes of at least 4 members (excludes halogenated alkanes) is 1. The average Bonchev–Trinajstić information content (AvgIpc) is 2.73. The summed E-state index contributed by atoms with van der Waals surface area (Å²) < 4.78 is 15.4. The van der Waals surface area contributed by atoms with Crippen LogP contribution in [0.4, 0.5) is 4.39 Å². The quantitative estimate of drug-likeness (QED) is 0.882. The maximum atomic E-state index is 13.2. The maximum Gasteiger partial charge on any atom is 0.126 e. The Morgan fingerprint density at radius 1 is 1.39 bits per heavy atom. The fourth-order valence-electron chi connectivity index (χ4n) is 2.14. The van der Waals surface area contributed by atoms with Gasteiger partial charge in [-0.25, -0.2) is 9.37 Å². The molecule has 0 aliphatic rings. The lowest BCUT2D eigenvalue weighted by molar-refractivity contribution is 0.560. The van der Waals surface area contributed by atoms with Gasteiger partial charge in [0.2, 0.25) is 0 Å². The van der Waals surface area contributed by atoms with Gasteiger partial charge in [-0.3, -0.25) is 0 Å². The first-order chi connectivity index (χ1) is 8.67. The summed E-state index contributed by atoms with van der Waals surface area (Å²) in [7, 11) is 0. The molecule has 0 aliphatic carbocycles. The Kier molecular flexibility index (Phi) is 3.97. The van der Waals surface area contributed by atoms with Gasteiger partial charge in [-0.15, -0.1) is 0 Å².